The average Bonchev–Trinajstić information content (AvgIpc) is 2.22. The number of nitrogens with two attached hydrogens (primary N) is 1. The number of hydrogen-bond acceptors (Lipinski definition) is 2. The van der Waals surface area contributed by atoms with Gasteiger partial charge < -0.3 is 11.1 Å². The molecule has 0 bridgehead atoms. The van der Waals surface area contributed by atoms with Crippen molar-refractivity contribution in [1.29, 1.82) is 0 Å². The van der Waals surface area contributed by atoms with E-state index in [9.17, 15) is 9.59 Å². The van der Waals surface area contributed by atoms with Crippen LogP contribution in [-0.4, -0.2) is 18.9 Å². The van der Waals surface area contributed by atoms with Crippen molar-refractivity contribution in [2.75, 3.05) is 7.05 Å². The predicted molar refractivity (Wildman–Crippen MR) is 69.2 cm³/mol. The highest BCUT2D eigenvalue weighted by Crippen LogP contribution is 2.45. The highest BCUT2D eigenvalue weighted by Gasteiger charge is 2.50. The van der Waals surface area contributed by atoms with Crippen LogP contribution in [0.5, 0.6) is 0 Å². The Bertz CT molecular complexity index is 288. The normalized spacial score (nSPS) is 14.2. The molecule has 0 rings (SSSR count). The van der Waals surface area contributed by atoms with Crippen molar-refractivity contribution in [2.24, 2.45) is 22.5 Å². The Hall–Kier alpha value is -1.06. The molecule has 1 unspecified atom stereocenters. The first kappa shape index (κ1) is 15.9. The zero-order valence-corrected chi connectivity index (χ0v) is 11.9. The van der Waals surface area contributed by atoms with E-state index in [2.05, 4.69) is 5.32 Å². The Labute approximate surface area is 104 Å². The summed E-state index contributed by atoms with van der Waals surface area (Å²) in [5.41, 5.74) is 4.49. The molecular weight excluding hydrogens is 216 g/mol. The number of nitrogens with one attached hydrogen (secondary N) is 1. The summed E-state index contributed by atoms with van der Waals surface area (Å²) in [5, 5.41) is 2.65. The molecule has 100 valence electrons. The van der Waals surface area contributed by atoms with E-state index in [-0.39, 0.29) is 17.2 Å². The lowest BCUT2D eigenvalue weighted by molar-refractivity contribution is -0.146. The first-order chi connectivity index (χ1) is 7.67. The molecule has 0 saturated carbocycles. The second kappa shape index (κ2) is 5.52. The number of carbonyl (C=O) groups is 2. The van der Waals surface area contributed by atoms with Crippen molar-refractivity contribution in [3.05, 3.63) is 0 Å². The van der Waals surface area contributed by atoms with Gasteiger partial charge in [0.1, 0.15) is 0 Å². The first-order valence-corrected chi connectivity index (χ1v) is 6.18. The van der Waals surface area contributed by atoms with Crippen LogP contribution in [0.15, 0.2) is 0 Å². The van der Waals surface area contributed by atoms with Crippen LogP contribution in [0.3, 0.4) is 0 Å². The van der Waals surface area contributed by atoms with E-state index in [4.69, 9.17) is 5.73 Å². The van der Waals surface area contributed by atoms with Crippen LogP contribution in [0, 0.1) is 16.7 Å². The van der Waals surface area contributed by atoms with Gasteiger partial charge in [0.05, 0.1) is 11.3 Å². The Morgan fingerprint density at radius 1 is 1.18 bits per heavy atom. The summed E-state index contributed by atoms with van der Waals surface area (Å²) < 4.78 is 0. The molecule has 4 nitrogen and oxygen atoms in total. The van der Waals surface area contributed by atoms with Crippen molar-refractivity contribution < 1.29 is 9.59 Å². The molecule has 17 heavy (non-hydrogen) atoms. The van der Waals surface area contributed by atoms with E-state index in [0.29, 0.717) is 12.8 Å². The summed E-state index contributed by atoms with van der Waals surface area (Å²) in [6.45, 7) is 9.73. The molecule has 0 fully saturated rings. The maximum absolute atomic E-state index is 12.1. The van der Waals surface area contributed by atoms with Crippen molar-refractivity contribution in [1.82, 2.24) is 5.32 Å². The average molecular weight is 242 g/mol. The highest BCUT2D eigenvalue weighted by molar-refractivity contribution is 5.90. The van der Waals surface area contributed by atoms with Crippen LogP contribution in [0.2, 0.25) is 0 Å². The van der Waals surface area contributed by atoms with E-state index in [1.807, 2.05) is 34.6 Å². The van der Waals surface area contributed by atoms with Gasteiger partial charge in [-0.2, -0.15) is 0 Å². The largest absolute Gasteiger partial charge is 0.369 e. The Balaban J connectivity index is 5.70. The lowest BCUT2D eigenvalue weighted by atomic mass is 9.60. The van der Waals surface area contributed by atoms with Gasteiger partial charge in [-0.15, -0.1) is 0 Å². The molecule has 2 amide bonds. The van der Waals surface area contributed by atoms with Gasteiger partial charge in [-0.25, -0.2) is 0 Å². The van der Waals surface area contributed by atoms with E-state index in [1.165, 1.54) is 0 Å². The number of amides is 2. The molecule has 0 heterocycles. The lowest BCUT2D eigenvalue weighted by Crippen LogP contribution is -2.53. The van der Waals surface area contributed by atoms with Crippen LogP contribution in [0.1, 0.15) is 47.5 Å². The van der Waals surface area contributed by atoms with Crippen molar-refractivity contribution in [2.45, 2.75) is 47.5 Å². The van der Waals surface area contributed by atoms with E-state index in [0.717, 1.165) is 0 Å². The van der Waals surface area contributed by atoms with Crippen LogP contribution < -0.4 is 11.1 Å². The lowest BCUT2D eigenvalue weighted by Gasteiger charge is -2.43. The fraction of sp³-hybridized carbons (Fsp3) is 0.846. The van der Waals surface area contributed by atoms with Gasteiger partial charge in [0.2, 0.25) is 11.8 Å². The monoisotopic (exact) mass is 242 g/mol. The standard InChI is InChI=1S/C13H26N2O2/c1-7-13(8-2,11(14)17)9(10(16)15-6)12(3,4)5/h9H,7-8H2,1-6H3,(H2,14,17)(H,15,16). The third kappa shape index (κ3) is 2.99. The zero-order valence-electron chi connectivity index (χ0n) is 11.9. The molecule has 0 radical (unpaired) electrons. The summed E-state index contributed by atoms with van der Waals surface area (Å²) in [6, 6.07) is 0. The van der Waals surface area contributed by atoms with Crippen molar-refractivity contribution in [3.8, 4) is 0 Å². The zero-order chi connectivity index (χ0) is 13.9. The maximum Gasteiger partial charge on any atom is 0.224 e. The van der Waals surface area contributed by atoms with Crippen molar-refractivity contribution >= 4 is 11.8 Å². The molecule has 0 saturated heterocycles. The minimum atomic E-state index is -0.766. The van der Waals surface area contributed by atoms with Crippen LogP contribution in [0.4, 0.5) is 0 Å². The molecule has 0 aromatic carbocycles. The quantitative estimate of drug-likeness (QED) is 0.770. The summed E-state index contributed by atoms with van der Waals surface area (Å²) in [4.78, 5) is 23.9. The number of carbonyl (C=O) groups excluding carboxylic acids is 2. The van der Waals surface area contributed by atoms with Gasteiger partial charge in [-0.05, 0) is 18.3 Å². The number of rotatable bonds is 5. The van der Waals surface area contributed by atoms with Crippen LogP contribution in [-0.2, 0) is 9.59 Å². The van der Waals surface area contributed by atoms with E-state index in [1.54, 1.807) is 7.05 Å². The number of primary amides is 1. The maximum atomic E-state index is 12.1. The minimum absolute atomic E-state index is 0.111. The Morgan fingerprint density at radius 2 is 1.59 bits per heavy atom. The van der Waals surface area contributed by atoms with Gasteiger partial charge in [0.15, 0.2) is 0 Å². The number of hydrogen-bond donors (Lipinski definition) is 2. The second-order valence-corrected chi connectivity index (χ2v) is 5.64. The molecule has 0 aromatic heterocycles. The van der Waals surface area contributed by atoms with E-state index >= 15 is 0 Å². The van der Waals surface area contributed by atoms with E-state index < -0.39 is 11.3 Å². The molecule has 1 atom stereocenters. The Kier molecular flexibility index (Phi) is 5.17. The molecular formula is C13H26N2O2. The molecule has 0 aliphatic rings. The third-order valence-electron chi connectivity index (χ3n) is 3.68. The molecule has 4 heteroatoms. The van der Waals surface area contributed by atoms with Gasteiger partial charge in [-0.1, -0.05) is 34.6 Å². The van der Waals surface area contributed by atoms with Gasteiger partial charge in [-0.3, -0.25) is 9.59 Å². The van der Waals surface area contributed by atoms with Gasteiger partial charge >= 0.3 is 0 Å². The second-order valence-electron chi connectivity index (χ2n) is 5.64. The summed E-state index contributed by atoms with van der Waals surface area (Å²) >= 11 is 0. The smallest absolute Gasteiger partial charge is 0.224 e. The van der Waals surface area contributed by atoms with Crippen LogP contribution >= 0.6 is 0 Å². The third-order valence-corrected chi connectivity index (χ3v) is 3.68. The highest BCUT2D eigenvalue weighted by atomic mass is 16.2. The Morgan fingerprint density at radius 3 is 1.76 bits per heavy atom. The molecule has 0 aliphatic heterocycles. The minimum Gasteiger partial charge on any atom is -0.369 e. The van der Waals surface area contributed by atoms with Gasteiger partial charge in [0.25, 0.3) is 0 Å². The predicted octanol–water partition coefficient (Wildman–Crippen LogP) is 1.69. The summed E-state index contributed by atoms with van der Waals surface area (Å²) in [5.74, 6) is -0.904. The molecule has 0 aromatic rings. The van der Waals surface area contributed by atoms with Crippen LogP contribution in [0.25, 0.3) is 0 Å². The summed E-state index contributed by atoms with van der Waals surface area (Å²) in [6.07, 6.45) is 1.16. The van der Waals surface area contributed by atoms with Gasteiger partial charge in [0, 0.05) is 7.05 Å². The molecule has 0 spiro atoms. The topological polar surface area (TPSA) is 72.2 Å². The van der Waals surface area contributed by atoms with Crippen molar-refractivity contribution in [3.63, 3.8) is 0 Å². The summed E-state index contributed by atoms with van der Waals surface area (Å²) in [7, 11) is 1.60. The SMILES string of the molecule is CCC(CC)(C(N)=O)C(C(=O)NC)C(C)(C)C. The first-order valence-electron chi connectivity index (χ1n) is 6.18. The molecule has 0 aliphatic carbocycles. The fourth-order valence-electron chi connectivity index (χ4n) is 2.77. The molecule has 3 N–H and O–H groups in total. The fourth-order valence-corrected chi connectivity index (χ4v) is 2.77.